The Kier molecular flexibility index (Phi) is 6.64. The Balaban J connectivity index is 2.98. The number of aliphatic hydroxyl groups excluding tert-OH is 1. The fraction of sp³-hybridized carbons (Fsp3) is 0.650. The minimum atomic E-state index is -0.0802. The van der Waals surface area contributed by atoms with Crippen LogP contribution in [0.25, 0.3) is 0 Å². The van der Waals surface area contributed by atoms with Gasteiger partial charge in [-0.25, -0.2) is 0 Å². The lowest BCUT2D eigenvalue weighted by atomic mass is 9.78. The summed E-state index contributed by atoms with van der Waals surface area (Å²) in [6, 6.07) is 4.31. The summed E-state index contributed by atoms with van der Waals surface area (Å²) >= 11 is 4.70. The van der Waals surface area contributed by atoms with Crippen molar-refractivity contribution in [2.45, 2.75) is 84.5 Å². The molecule has 1 aromatic rings. The first-order valence-corrected chi connectivity index (χ1v) is 8.92. The van der Waals surface area contributed by atoms with Crippen LogP contribution in [-0.2, 0) is 17.3 Å². The molecule has 0 atom stereocenters. The van der Waals surface area contributed by atoms with Crippen molar-refractivity contribution in [2.75, 3.05) is 0 Å². The molecule has 23 heavy (non-hydrogen) atoms. The highest BCUT2D eigenvalue weighted by atomic mass is 32.1. The van der Waals surface area contributed by atoms with E-state index in [4.69, 9.17) is 17.3 Å². The number of aryl methyl sites for hydroxylation is 1. The molecule has 1 aromatic carbocycles. The van der Waals surface area contributed by atoms with E-state index in [9.17, 15) is 5.11 Å². The van der Waals surface area contributed by atoms with Gasteiger partial charge in [-0.2, -0.15) is 0 Å². The highest BCUT2D eigenvalue weighted by Gasteiger charge is 2.26. The average Bonchev–Trinajstić information content (AvgIpc) is 2.36. The number of rotatable bonds is 6. The normalized spacial score (nSPS) is 12.4. The summed E-state index contributed by atoms with van der Waals surface area (Å²) in [6.07, 6.45) is 4.67. The first-order valence-electron chi connectivity index (χ1n) is 8.51. The lowest BCUT2D eigenvalue weighted by Gasteiger charge is -2.28. The lowest BCUT2D eigenvalue weighted by molar-refractivity contribution is 0.422. The van der Waals surface area contributed by atoms with Crippen molar-refractivity contribution in [1.29, 1.82) is 0 Å². The maximum absolute atomic E-state index is 10.7. The Hall–Kier alpha value is -1.09. The monoisotopic (exact) mass is 336 g/mol. The SMILES string of the molecule is CC(C)(C)c1cc(CCCCCC(O)=S)cc(C(C)(C)C)c1O. The molecule has 0 spiro atoms. The van der Waals surface area contributed by atoms with Crippen LogP contribution < -0.4 is 0 Å². The van der Waals surface area contributed by atoms with Gasteiger partial charge >= 0.3 is 0 Å². The standard InChI is InChI=1S/C20H32O2S/c1-19(2,3)15-12-14(10-8-7-9-11-17(21)23)13-16(18(15)22)20(4,5)6/h12-13,22H,7-11H2,1-6H3,(H,21,23). The third kappa shape index (κ3) is 6.14. The Morgan fingerprint density at radius 2 is 1.39 bits per heavy atom. The fourth-order valence-corrected chi connectivity index (χ4v) is 2.91. The zero-order chi connectivity index (χ0) is 17.8. The van der Waals surface area contributed by atoms with Crippen molar-refractivity contribution in [1.82, 2.24) is 0 Å². The van der Waals surface area contributed by atoms with Gasteiger partial charge in [-0.15, -0.1) is 0 Å². The van der Waals surface area contributed by atoms with Crippen LogP contribution in [-0.4, -0.2) is 15.3 Å². The number of hydrogen-bond acceptors (Lipinski definition) is 2. The van der Waals surface area contributed by atoms with E-state index in [0.29, 0.717) is 12.2 Å². The molecule has 0 aliphatic carbocycles. The predicted molar refractivity (Wildman–Crippen MR) is 103 cm³/mol. The summed E-state index contributed by atoms with van der Waals surface area (Å²) in [5, 5.41) is 19.9. The number of phenols is 1. The van der Waals surface area contributed by atoms with Crippen LogP contribution in [0, 0.1) is 0 Å². The maximum atomic E-state index is 10.7. The largest absolute Gasteiger partial charge is 0.507 e. The highest BCUT2D eigenvalue weighted by Crippen LogP contribution is 2.40. The predicted octanol–water partition coefficient (Wildman–Crippen LogP) is 5.98. The molecule has 0 aromatic heterocycles. The molecule has 0 saturated carbocycles. The summed E-state index contributed by atoms with van der Waals surface area (Å²) < 4.78 is 0. The highest BCUT2D eigenvalue weighted by molar-refractivity contribution is 7.80. The summed E-state index contributed by atoms with van der Waals surface area (Å²) in [6.45, 7) is 12.8. The van der Waals surface area contributed by atoms with E-state index in [1.165, 1.54) is 5.56 Å². The first kappa shape index (κ1) is 20.0. The minimum absolute atomic E-state index is 0.0802. The molecule has 0 aliphatic heterocycles. The minimum Gasteiger partial charge on any atom is -0.507 e. The van der Waals surface area contributed by atoms with E-state index in [0.717, 1.165) is 36.8 Å². The third-order valence-electron chi connectivity index (χ3n) is 4.14. The Labute approximate surface area is 146 Å². The Morgan fingerprint density at radius 1 is 0.913 bits per heavy atom. The number of aromatic hydroxyl groups is 1. The van der Waals surface area contributed by atoms with Gasteiger partial charge in [0, 0.05) is 6.42 Å². The van der Waals surface area contributed by atoms with E-state index >= 15 is 0 Å². The molecule has 0 saturated heterocycles. The Bertz CT molecular complexity index is 513. The van der Waals surface area contributed by atoms with Crippen molar-refractivity contribution >= 4 is 17.3 Å². The fourth-order valence-electron chi connectivity index (χ4n) is 2.76. The van der Waals surface area contributed by atoms with Crippen molar-refractivity contribution in [3.05, 3.63) is 28.8 Å². The second-order valence-electron chi connectivity index (χ2n) is 8.49. The van der Waals surface area contributed by atoms with E-state index in [1.807, 2.05) is 0 Å². The van der Waals surface area contributed by atoms with Crippen LogP contribution >= 0.6 is 12.2 Å². The summed E-state index contributed by atoms with van der Waals surface area (Å²) in [7, 11) is 0. The first-order chi connectivity index (χ1) is 10.4. The third-order valence-corrected chi connectivity index (χ3v) is 4.35. The van der Waals surface area contributed by atoms with Gasteiger partial charge in [-0.3, -0.25) is 0 Å². The summed E-state index contributed by atoms with van der Waals surface area (Å²) in [5.41, 5.74) is 3.17. The summed E-state index contributed by atoms with van der Waals surface area (Å²) in [4.78, 5) is 0. The van der Waals surface area contributed by atoms with Crippen molar-refractivity contribution in [3.8, 4) is 5.75 Å². The molecule has 0 heterocycles. The van der Waals surface area contributed by atoms with E-state index in [1.54, 1.807) is 0 Å². The number of aliphatic hydroxyl groups is 1. The molecule has 0 aliphatic rings. The van der Waals surface area contributed by atoms with Crippen molar-refractivity contribution in [3.63, 3.8) is 0 Å². The topological polar surface area (TPSA) is 40.5 Å². The quantitative estimate of drug-likeness (QED) is 0.496. The van der Waals surface area contributed by atoms with Crippen LogP contribution in [0.5, 0.6) is 5.75 Å². The molecule has 0 bridgehead atoms. The van der Waals surface area contributed by atoms with Gasteiger partial charge < -0.3 is 10.2 Å². The molecular weight excluding hydrogens is 304 g/mol. The van der Waals surface area contributed by atoms with Gasteiger partial charge in [-0.1, -0.05) is 60.1 Å². The molecule has 0 unspecified atom stereocenters. The number of benzene rings is 1. The van der Waals surface area contributed by atoms with Crippen LogP contribution in [0.2, 0.25) is 0 Å². The van der Waals surface area contributed by atoms with Gasteiger partial charge in [0.15, 0.2) is 5.05 Å². The Morgan fingerprint density at radius 3 is 1.78 bits per heavy atom. The number of unbranched alkanes of at least 4 members (excludes halogenated alkanes) is 2. The second-order valence-corrected chi connectivity index (χ2v) is 8.97. The van der Waals surface area contributed by atoms with E-state index < -0.39 is 0 Å². The lowest BCUT2D eigenvalue weighted by Crippen LogP contribution is -2.18. The average molecular weight is 337 g/mol. The molecule has 2 nitrogen and oxygen atoms in total. The zero-order valence-corrected chi connectivity index (χ0v) is 16.3. The molecule has 1 rings (SSSR count). The molecule has 3 heteroatoms. The molecule has 130 valence electrons. The van der Waals surface area contributed by atoms with Crippen LogP contribution in [0.4, 0.5) is 0 Å². The molecule has 0 amide bonds. The van der Waals surface area contributed by atoms with Crippen LogP contribution in [0.1, 0.15) is 83.9 Å². The molecule has 0 radical (unpaired) electrons. The van der Waals surface area contributed by atoms with Crippen molar-refractivity contribution in [2.24, 2.45) is 0 Å². The number of hydrogen-bond donors (Lipinski definition) is 2. The molecule has 0 fully saturated rings. The van der Waals surface area contributed by atoms with Crippen LogP contribution in [0.3, 0.4) is 0 Å². The zero-order valence-electron chi connectivity index (χ0n) is 15.5. The van der Waals surface area contributed by atoms with Gasteiger partial charge in [0.05, 0.1) is 0 Å². The van der Waals surface area contributed by atoms with Crippen LogP contribution in [0.15, 0.2) is 12.1 Å². The maximum Gasteiger partial charge on any atom is 0.156 e. The number of phenolic OH excluding ortho intramolecular Hbond substituents is 1. The van der Waals surface area contributed by atoms with Gasteiger partial charge in [0.1, 0.15) is 5.75 Å². The van der Waals surface area contributed by atoms with Gasteiger partial charge in [-0.05, 0) is 59.0 Å². The van der Waals surface area contributed by atoms with E-state index in [2.05, 4.69) is 53.7 Å². The molecule has 2 N–H and O–H groups in total. The molecular formula is C20H32O2S. The second kappa shape index (κ2) is 7.65. The van der Waals surface area contributed by atoms with Gasteiger partial charge in [0.2, 0.25) is 0 Å². The van der Waals surface area contributed by atoms with Gasteiger partial charge in [0.25, 0.3) is 0 Å². The van der Waals surface area contributed by atoms with E-state index in [-0.39, 0.29) is 15.9 Å². The number of thiocarbonyl (C=S) groups is 1. The van der Waals surface area contributed by atoms with Crippen molar-refractivity contribution < 1.29 is 10.2 Å². The smallest absolute Gasteiger partial charge is 0.156 e. The summed E-state index contributed by atoms with van der Waals surface area (Å²) in [5.74, 6) is 0.444.